The van der Waals surface area contributed by atoms with Gasteiger partial charge in [-0.05, 0) is 30.4 Å². The van der Waals surface area contributed by atoms with Crippen LogP contribution in [0.2, 0.25) is 0 Å². The Morgan fingerprint density at radius 1 is 1.25 bits per heavy atom. The number of carbonyl (C=O) groups excluding carboxylic acids is 2. The standard InChI is InChI=1S/C19H22N2O2S/c1-13(14-7-4-3-5-8-14)19(23)20-15-10-11-17(22)21(2)18(15)16-9-6-12-24-16/h3-9,12-13,15,18H,10-11H2,1-2H3,(H,20,23)/t13-,15-,18+/m0/s1. The molecule has 2 heterocycles. The molecule has 1 aromatic carbocycles. The Bertz CT molecular complexity index is 699. The molecule has 0 bridgehead atoms. The van der Waals surface area contributed by atoms with Gasteiger partial charge in [-0.2, -0.15) is 0 Å². The molecule has 1 aromatic heterocycles. The van der Waals surface area contributed by atoms with Gasteiger partial charge in [-0.1, -0.05) is 36.4 Å². The monoisotopic (exact) mass is 342 g/mol. The number of nitrogens with zero attached hydrogens (tertiary/aromatic N) is 1. The predicted molar refractivity (Wildman–Crippen MR) is 95.9 cm³/mol. The van der Waals surface area contributed by atoms with Crippen molar-refractivity contribution in [2.75, 3.05) is 7.05 Å². The Hall–Kier alpha value is -2.14. The Kier molecular flexibility index (Phi) is 5.00. The third kappa shape index (κ3) is 3.36. The van der Waals surface area contributed by atoms with Crippen LogP contribution in [0, 0.1) is 0 Å². The van der Waals surface area contributed by atoms with Gasteiger partial charge in [-0.25, -0.2) is 0 Å². The van der Waals surface area contributed by atoms with Crippen molar-refractivity contribution in [2.24, 2.45) is 0 Å². The van der Waals surface area contributed by atoms with Crippen molar-refractivity contribution in [3.8, 4) is 0 Å². The number of hydrogen-bond acceptors (Lipinski definition) is 3. The van der Waals surface area contributed by atoms with E-state index in [1.54, 1.807) is 16.2 Å². The molecule has 0 unspecified atom stereocenters. The van der Waals surface area contributed by atoms with Gasteiger partial charge in [0.25, 0.3) is 0 Å². The normalized spacial score (nSPS) is 22.2. The van der Waals surface area contributed by atoms with E-state index in [2.05, 4.69) is 5.32 Å². The molecule has 0 radical (unpaired) electrons. The van der Waals surface area contributed by atoms with Gasteiger partial charge >= 0.3 is 0 Å². The van der Waals surface area contributed by atoms with Gasteiger partial charge in [0.05, 0.1) is 18.0 Å². The Labute approximate surface area is 146 Å². The second-order valence-corrected chi connectivity index (χ2v) is 7.23. The van der Waals surface area contributed by atoms with Crippen molar-refractivity contribution < 1.29 is 9.59 Å². The van der Waals surface area contributed by atoms with E-state index in [1.807, 2.05) is 61.8 Å². The summed E-state index contributed by atoms with van der Waals surface area (Å²) in [5.74, 6) is -0.0661. The van der Waals surface area contributed by atoms with Crippen molar-refractivity contribution in [1.29, 1.82) is 0 Å². The molecule has 1 N–H and O–H groups in total. The smallest absolute Gasteiger partial charge is 0.227 e. The summed E-state index contributed by atoms with van der Waals surface area (Å²) in [6.07, 6.45) is 1.15. The summed E-state index contributed by atoms with van der Waals surface area (Å²) in [4.78, 5) is 27.7. The van der Waals surface area contributed by atoms with Crippen LogP contribution in [0.1, 0.15) is 42.2 Å². The number of carbonyl (C=O) groups is 2. The molecular formula is C19H22N2O2S. The summed E-state index contributed by atoms with van der Waals surface area (Å²) in [7, 11) is 1.83. The zero-order chi connectivity index (χ0) is 17.1. The third-order valence-corrected chi connectivity index (χ3v) is 5.66. The molecule has 3 rings (SSSR count). The highest BCUT2D eigenvalue weighted by Crippen LogP contribution is 2.33. The first-order valence-corrected chi connectivity index (χ1v) is 9.10. The fourth-order valence-electron chi connectivity index (χ4n) is 3.24. The number of piperidine rings is 1. The average molecular weight is 342 g/mol. The van der Waals surface area contributed by atoms with Crippen LogP contribution >= 0.6 is 11.3 Å². The summed E-state index contributed by atoms with van der Waals surface area (Å²) >= 11 is 1.63. The molecule has 0 saturated carbocycles. The highest BCUT2D eigenvalue weighted by Gasteiger charge is 2.36. The number of hydrogen-bond donors (Lipinski definition) is 1. The molecule has 2 amide bonds. The Morgan fingerprint density at radius 2 is 2.00 bits per heavy atom. The van der Waals surface area contributed by atoms with Crippen molar-refractivity contribution in [3.63, 3.8) is 0 Å². The Morgan fingerprint density at radius 3 is 2.67 bits per heavy atom. The van der Waals surface area contributed by atoms with Gasteiger partial charge in [-0.3, -0.25) is 9.59 Å². The van der Waals surface area contributed by atoms with E-state index < -0.39 is 0 Å². The molecule has 1 aliphatic heterocycles. The molecule has 3 atom stereocenters. The maximum absolute atomic E-state index is 12.7. The summed E-state index contributed by atoms with van der Waals surface area (Å²) < 4.78 is 0. The number of nitrogens with one attached hydrogen (secondary N) is 1. The first kappa shape index (κ1) is 16.7. The van der Waals surface area contributed by atoms with E-state index in [4.69, 9.17) is 0 Å². The average Bonchev–Trinajstić information content (AvgIpc) is 3.12. The van der Waals surface area contributed by atoms with Crippen LogP contribution in [0.5, 0.6) is 0 Å². The summed E-state index contributed by atoms with van der Waals surface area (Å²) in [6, 6.07) is 13.7. The molecule has 1 saturated heterocycles. The van der Waals surface area contributed by atoms with Gasteiger partial charge in [-0.15, -0.1) is 11.3 Å². The second-order valence-electron chi connectivity index (χ2n) is 6.25. The zero-order valence-corrected chi connectivity index (χ0v) is 14.8. The lowest BCUT2D eigenvalue weighted by Gasteiger charge is -2.39. The lowest BCUT2D eigenvalue weighted by molar-refractivity contribution is -0.137. The number of benzene rings is 1. The van der Waals surface area contributed by atoms with Gasteiger partial charge < -0.3 is 10.2 Å². The molecule has 1 aliphatic rings. The molecule has 5 heteroatoms. The minimum Gasteiger partial charge on any atom is -0.350 e. The van der Waals surface area contributed by atoms with E-state index >= 15 is 0 Å². The summed E-state index contributed by atoms with van der Waals surface area (Å²) in [5, 5.41) is 5.19. The first-order valence-electron chi connectivity index (χ1n) is 8.22. The fraction of sp³-hybridized carbons (Fsp3) is 0.368. The van der Waals surface area contributed by atoms with Crippen LogP contribution < -0.4 is 5.32 Å². The molecule has 126 valence electrons. The van der Waals surface area contributed by atoms with Crippen LogP contribution in [0.15, 0.2) is 47.8 Å². The molecule has 0 spiro atoms. The largest absolute Gasteiger partial charge is 0.350 e. The molecule has 24 heavy (non-hydrogen) atoms. The second kappa shape index (κ2) is 7.18. The molecular weight excluding hydrogens is 320 g/mol. The van der Waals surface area contributed by atoms with E-state index in [0.717, 1.165) is 10.4 Å². The Balaban J connectivity index is 1.77. The van der Waals surface area contributed by atoms with Crippen molar-refractivity contribution in [2.45, 2.75) is 37.8 Å². The summed E-state index contributed by atoms with van der Waals surface area (Å²) in [6.45, 7) is 1.92. The lowest BCUT2D eigenvalue weighted by Crippen LogP contribution is -2.51. The fourth-order valence-corrected chi connectivity index (χ4v) is 4.17. The highest BCUT2D eigenvalue weighted by atomic mass is 32.1. The zero-order valence-electron chi connectivity index (χ0n) is 13.9. The van der Waals surface area contributed by atoms with Crippen molar-refractivity contribution >= 4 is 23.2 Å². The van der Waals surface area contributed by atoms with E-state index in [-0.39, 0.29) is 29.8 Å². The van der Waals surface area contributed by atoms with Crippen molar-refractivity contribution in [3.05, 3.63) is 58.3 Å². The number of rotatable bonds is 4. The van der Waals surface area contributed by atoms with Gasteiger partial charge in [0.2, 0.25) is 11.8 Å². The van der Waals surface area contributed by atoms with Gasteiger partial charge in [0.1, 0.15) is 0 Å². The van der Waals surface area contributed by atoms with Gasteiger partial charge in [0.15, 0.2) is 0 Å². The van der Waals surface area contributed by atoms with Crippen LogP contribution in [0.25, 0.3) is 0 Å². The number of likely N-dealkylation sites (N-methyl/N-ethyl adjacent to an activating group) is 1. The predicted octanol–water partition coefficient (Wildman–Crippen LogP) is 3.33. The molecule has 4 nitrogen and oxygen atoms in total. The van der Waals surface area contributed by atoms with Crippen LogP contribution in [0.3, 0.4) is 0 Å². The van der Waals surface area contributed by atoms with Crippen LogP contribution in [-0.4, -0.2) is 29.8 Å². The number of amides is 2. The third-order valence-electron chi connectivity index (χ3n) is 4.72. The highest BCUT2D eigenvalue weighted by molar-refractivity contribution is 7.10. The van der Waals surface area contributed by atoms with Crippen LogP contribution in [0.4, 0.5) is 0 Å². The van der Waals surface area contributed by atoms with Gasteiger partial charge in [0, 0.05) is 18.3 Å². The maximum Gasteiger partial charge on any atom is 0.227 e. The van der Waals surface area contributed by atoms with E-state index in [9.17, 15) is 9.59 Å². The topological polar surface area (TPSA) is 49.4 Å². The lowest BCUT2D eigenvalue weighted by atomic mass is 9.93. The first-order chi connectivity index (χ1) is 11.6. The molecule has 2 aromatic rings. The quantitative estimate of drug-likeness (QED) is 0.926. The molecule has 1 fully saturated rings. The molecule has 0 aliphatic carbocycles. The van der Waals surface area contributed by atoms with Crippen molar-refractivity contribution in [1.82, 2.24) is 10.2 Å². The SMILES string of the molecule is C[C@H](C(=O)N[C@H]1CCC(=O)N(C)[C@H]1c1cccs1)c1ccccc1. The van der Waals surface area contributed by atoms with E-state index in [1.165, 1.54) is 0 Å². The summed E-state index contributed by atoms with van der Waals surface area (Å²) in [5.41, 5.74) is 1.00. The minimum atomic E-state index is -0.210. The van der Waals surface area contributed by atoms with Crippen LogP contribution in [-0.2, 0) is 9.59 Å². The number of thiophene rings is 1. The minimum absolute atomic E-state index is 0.00973. The van der Waals surface area contributed by atoms with E-state index in [0.29, 0.717) is 12.8 Å². The number of likely N-dealkylation sites (tertiary alicyclic amines) is 1. The maximum atomic E-state index is 12.7.